The number of piperazine rings is 1. The van der Waals surface area contributed by atoms with Crippen molar-refractivity contribution in [3.8, 4) is 11.5 Å². The van der Waals surface area contributed by atoms with Gasteiger partial charge in [0.25, 0.3) is 0 Å². The van der Waals surface area contributed by atoms with E-state index in [0.717, 1.165) is 31.1 Å². The SMILES string of the molecule is CN1CCNC(c2ccc(Oc3ccccc3)cc2)C1. The highest BCUT2D eigenvalue weighted by molar-refractivity contribution is 5.34. The number of ether oxygens (including phenoxy) is 1. The molecule has 1 unspecified atom stereocenters. The van der Waals surface area contributed by atoms with Gasteiger partial charge in [-0.15, -0.1) is 0 Å². The fourth-order valence-corrected chi connectivity index (χ4v) is 2.51. The molecule has 1 saturated heterocycles. The van der Waals surface area contributed by atoms with Gasteiger partial charge in [-0.1, -0.05) is 30.3 Å². The van der Waals surface area contributed by atoms with Crippen molar-refractivity contribution in [1.29, 1.82) is 0 Å². The summed E-state index contributed by atoms with van der Waals surface area (Å²) in [7, 11) is 2.17. The molecule has 1 fully saturated rings. The van der Waals surface area contributed by atoms with Gasteiger partial charge in [0.05, 0.1) is 0 Å². The third-order valence-corrected chi connectivity index (χ3v) is 3.64. The molecule has 0 saturated carbocycles. The highest BCUT2D eigenvalue weighted by Gasteiger charge is 2.17. The Balaban J connectivity index is 1.68. The zero-order chi connectivity index (χ0) is 13.8. The van der Waals surface area contributed by atoms with Crippen molar-refractivity contribution in [2.45, 2.75) is 6.04 Å². The van der Waals surface area contributed by atoms with Gasteiger partial charge < -0.3 is 15.0 Å². The first-order chi connectivity index (χ1) is 9.81. The normalized spacial score (nSPS) is 19.8. The summed E-state index contributed by atoms with van der Waals surface area (Å²) >= 11 is 0. The smallest absolute Gasteiger partial charge is 0.127 e. The third-order valence-electron chi connectivity index (χ3n) is 3.64. The summed E-state index contributed by atoms with van der Waals surface area (Å²) in [5.74, 6) is 1.75. The predicted octanol–water partition coefficient (Wildman–Crippen LogP) is 3.06. The highest BCUT2D eigenvalue weighted by Crippen LogP contribution is 2.24. The Morgan fingerprint density at radius 1 is 1.00 bits per heavy atom. The van der Waals surface area contributed by atoms with Crippen LogP contribution in [0.2, 0.25) is 0 Å². The quantitative estimate of drug-likeness (QED) is 0.926. The molecule has 3 rings (SSSR count). The lowest BCUT2D eigenvalue weighted by atomic mass is 10.0. The van der Waals surface area contributed by atoms with Crippen LogP contribution in [0.25, 0.3) is 0 Å². The Labute approximate surface area is 120 Å². The Morgan fingerprint density at radius 2 is 1.70 bits per heavy atom. The van der Waals surface area contributed by atoms with E-state index in [2.05, 4.69) is 29.4 Å². The maximum absolute atomic E-state index is 5.81. The summed E-state index contributed by atoms with van der Waals surface area (Å²) in [6.45, 7) is 3.22. The molecule has 0 aromatic heterocycles. The van der Waals surface area contributed by atoms with Crippen molar-refractivity contribution in [3.05, 3.63) is 60.2 Å². The second-order valence-corrected chi connectivity index (χ2v) is 5.25. The summed E-state index contributed by atoms with van der Waals surface area (Å²) in [5.41, 5.74) is 1.32. The number of nitrogens with one attached hydrogen (secondary N) is 1. The standard InChI is InChI=1S/C17H20N2O/c1-19-12-11-18-17(13-19)14-7-9-16(10-8-14)20-15-5-3-2-4-6-15/h2-10,17-18H,11-13H2,1H3. The fraction of sp³-hybridized carbons (Fsp3) is 0.294. The van der Waals surface area contributed by atoms with Crippen molar-refractivity contribution in [2.24, 2.45) is 0 Å². The number of rotatable bonds is 3. The van der Waals surface area contributed by atoms with E-state index in [-0.39, 0.29) is 0 Å². The summed E-state index contributed by atoms with van der Waals surface area (Å²) < 4.78 is 5.81. The maximum atomic E-state index is 5.81. The molecule has 0 aliphatic carbocycles. The van der Waals surface area contributed by atoms with E-state index >= 15 is 0 Å². The van der Waals surface area contributed by atoms with Crippen LogP contribution >= 0.6 is 0 Å². The lowest BCUT2D eigenvalue weighted by molar-refractivity contribution is 0.241. The first-order valence-electron chi connectivity index (χ1n) is 7.06. The van der Waals surface area contributed by atoms with Crippen LogP contribution in [0.1, 0.15) is 11.6 Å². The average Bonchev–Trinajstić information content (AvgIpc) is 2.49. The number of hydrogen-bond acceptors (Lipinski definition) is 3. The predicted molar refractivity (Wildman–Crippen MR) is 81.2 cm³/mol. The first-order valence-corrected chi connectivity index (χ1v) is 7.06. The molecule has 2 aromatic rings. The molecule has 20 heavy (non-hydrogen) atoms. The molecule has 0 spiro atoms. The van der Waals surface area contributed by atoms with E-state index in [1.165, 1.54) is 5.56 Å². The summed E-state index contributed by atoms with van der Waals surface area (Å²) in [4.78, 5) is 2.36. The molecule has 1 atom stereocenters. The van der Waals surface area contributed by atoms with E-state index in [1.807, 2.05) is 42.5 Å². The van der Waals surface area contributed by atoms with Crippen LogP contribution < -0.4 is 10.1 Å². The lowest BCUT2D eigenvalue weighted by Crippen LogP contribution is -2.43. The Bertz CT molecular complexity index is 539. The molecule has 1 aliphatic heterocycles. The maximum Gasteiger partial charge on any atom is 0.127 e. The number of hydrogen-bond donors (Lipinski definition) is 1. The molecule has 2 aromatic carbocycles. The van der Waals surface area contributed by atoms with Crippen molar-refractivity contribution >= 4 is 0 Å². The molecular weight excluding hydrogens is 248 g/mol. The van der Waals surface area contributed by atoms with E-state index in [4.69, 9.17) is 4.74 Å². The number of nitrogens with zero attached hydrogens (tertiary/aromatic N) is 1. The number of likely N-dealkylation sites (N-methyl/N-ethyl adjacent to an activating group) is 1. The van der Waals surface area contributed by atoms with E-state index in [9.17, 15) is 0 Å². The van der Waals surface area contributed by atoms with E-state index in [1.54, 1.807) is 0 Å². The summed E-state index contributed by atoms with van der Waals surface area (Å²) in [6.07, 6.45) is 0. The van der Waals surface area contributed by atoms with Gasteiger partial charge in [-0.05, 0) is 36.9 Å². The molecule has 0 amide bonds. The zero-order valence-electron chi connectivity index (χ0n) is 11.8. The Hall–Kier alpha value is -1.84. The van der Waals surface area contributed by atoms with Crippen LogP contribution in [0, 0.1) is 0 Å². The van der Waals surface area contributed by atoms with Crippen molar-refractivity contribution in [3.63, 3.8) is 0 Å². The van der Waals surface area contributed by atoms with Crippen LogP contribution in [-0.4, -0.2) is 31.6 Å². The first kappa shape index (κ1) is 13.2. The van der Waals surface area contributed by atoms with E-state index < -0.39 is 0 Å². The minimum Gasteiger partial charge on any atom is -0.457 e. The summed E-state index contributed by atoms with van der Waals surface area (Å²) in [5, 5.41) is 3.55. The van der Waals surface area contributed by atoms with Gasteiger partial charge in [-0.3, -0.25) is 0 Å². The second kappa shape index (κ2) is 6.07. The van der Waals surface area contributed by atoms with E-state index in [0.29, 0.717) is 6.04 Å². The van der Waals surface area contributed by atoms with Crippen LogP contribution in [0.5, 0.6) is 11.5 Å². The average molecular weight is 268 g/mol. The van der Waals surface area contributed by atoms with Gasteiger partial charge >= 0.3 is 0 Å². The van der Waals surface area contributed by atoms with Crippen LogP contribution in [0.15, 0.2) is 54.6 Å². The minimum atomic E-state index is 0.416. The monoisotopic (exact) mass is 268 g/mol. The third kappa shape index (κ3) is 3.18. The number of benzene rings is 2. The molecule has 0 radical (unpaired) electrons. The van der Waals surface area contributed by atoms with Crippen molar-refractivity contribution < 1.29 is 4.74 Å². The Morgan fingerprint density at radius 3 is 2.40 bits per heavy atom. The van der Waals surface area contributed by atoms with Crippen LogP contribution in [0.4, 0.5) is 0 Å². The van der Waals surface area contributed by atoms with Crippen molar-refractivity contribution in [1.82, 2.24) is 10.2 Å². The van der Waals surface area contributed by atoms with Crippen LogP contribution in [-0.2, 0) is 0 Å². The Kier molecular flexibility index (Phi) is 4.00. The van der Waals surface area contributed by atoms with Gasteiger partial charge in [-0.2, -0.15) is 0 Å². The van der Waals surface area contributed by atoms with Gasteiger partial charge in [-0.25, -0.2) is 0 Å². The topological polar surface area (TPSA) is 24.5 Å². The van der Waals surface area contributed by atoms with Gasteiger partial charge in [0.2, 0.25) is 0 Å². The molecule has 1 heterocycles. The molecule has 1 aliphatic rings. The van der Waals surface area contributed by atoms with Gasteiger partial charge in [0, 0.05) is 25.7 Å². The zero-order valence-corrected chi connectivity index (χ0v) is 11.8. The molecule has 0 bridgehead atoms. The molecular formula is C17H20N2O. The highest BCUT2D eigenvalue weighted by atomic mass is 16.5. The largest absolute Gasteiger partial charge is 0.457 e. The second-order valence-electron chi connectivity index (χ2n) is 5.25. The van der Waals surface area contributed by atoms with Gasteiger partial charge in [0.15, 0.2) is 0 Å². The molecule has 3 heteroatoms. The van der Waals surface area contributed by atoms with Crippen LogP contribution in [0.3, 0.4) is 0 Å². The molecule has 1 N–H and O–H groups in total. The van der Waals surface area contributed by atoms with Gasteiger partial charge in [0.1, 0.15) is 11.5 Å². The molecule has 104 valence electrons. The fourth-order valence-electron chi connectivity index (χ4n) is 2.51. The minimum absolute atomic E-state index is 0.416. The molecule has 3 nitrogen and oxygen atoms in total. The lowest BCUT2D eigenvalue weighted by Gasteiger charge is -2.31. The summed E-state index contributed by atoms with van der Waals surface area (Å²) in [6, 6.07) is 18.7. The number of para-hydroxylation sites is 1. The van der Waals surface area contributed by atoms with Crippen molar-refractivity contribution in [2.75, 3.05) is 26.7 Å².